The average molecular weight is 195 g/mol. The largest absolute Gasteiger partial charge is 0.339 e. The maximum atomic E-state index is 5.66. The average Bonchev–Trinajstić information content (AvgIpc) is 2.69. The van der Waals surface area contributed by atoms with Gasteiger partial charge in [0.25, 0.3) is 0 Å². The number of nitrogens with zero attached hydrogens (tertiary/aromatic N) is 2. The van der Waals surface area contributed by atoms with Crippen molar-refractivity contribution < 1.29 is 4.52 Å². The second-order valence-corrected chi connectivity index (χ2v) is 4.21. The molecule has 0 aromatic carbocycles. The maximum Gasteiger partial charge on any atom is 0.228 e. The van der Waals surface area contributed by atoms with Crippen LogP contribution >= 0.6 is 0 Å². The SMILES string of the molecule is CC(N)Cc1nc(C2CCCC2)no1. The van der Waals surface area contributed by atoms with E-state index in [-0.39, 0.29) is 6.04 Å². The van der Waals surface area contributed by atoms with E-state index in [2.05, 4.69) is 10.1 Å². The standard InChI is InChI=1S/C10H17N3O/c1-7(11)6-9-12-10(13-14-9)8-4-2-3-5-8/h7-8H,2-6,11H2,1H3. The van der Waals surface area contributed by atoms with Crippen LogP contribution in [0.15, 0.2) is 4.52 Å². The highest BCUT2D eigenvalue weighted by Crippen LogP contribution is 2.32. The Hall–Kier alpha value is -0.900. The summed E-state index contributed by atoms with van der Waals surface area (Å²) in [5.74, 6) is 2.10. The molecule has 1 saturated carbocycles. The number of nitrogens with two attached hydrogens (primary N) is 1. The van der Waals surface area contributed by atoms with Crippen LogP contribution in [0, 0.1) is 0 Å². The minimum atomic E-state index is 0.0897. The normalized spacial score (nSPS) is 20.1. The molecule has 1 heterocycles. The molecule has 1 atom stereocenters. The van der Waals surface area contributed by atoms with Crippen molar-refractivity contribution in [3.8, 4) is 0 Å². The molecular weight excluding hydrogens is 178 g/mol. The van der Waals surface area contributed by atoms with Crippen LogP contribution in [0.4, 0.5) is 0 Å². The number of hydrogen-bond donors (Lipinski definition) is 1. The molecule has 1 fully saturated rings. The van der Waals surface area contributed by atoms with Gasteiger partial charge in [-0.05, 0) is 19.8 Å². The summed E-state index contributed by atoms with van der Waals surface area (Å²) >= 11 is 0. The molecule has 78 valence electrons. The summed E-state index contributed by atoms with van der Waals surface area (Å²) in [4.78, 5) is 4.37. The first kappa shape index (κ1) is 9.65. The van der Waals surface area contributed by atoms with Gasteiger partial charge in [-0.3, -0.25) is 0 Å². The summed E-state index contributed by atoms with van der Waals surface area (Å²) < 4.78 is 5.15. The van der Waals surface area contributed by atoms with Crippen LogP contribution in [0.25, 0.3) is 0 Å². The maximum absolute atomic E-state index is 5.66. The molecule has 0 aliphatic heterocycles. The second-order valence-electron chi connectivity index (χ2n) is 4.21. The lowest BCUT2D eigenvalue weighted by Gasteiger charge is -2.00. The molecule has 2 N–H and O–H groups in total. The molecule has 0 amide bonds. The zero-order valence-electron chi connectivity index (χ0n) is 8.57. The summed E-state index contributed by atoms with van der Waals surface area (Å²) in [5.41, 5.74) is 5.66. The Bertz CT molecular complexity index is 289. The van der Waals surface area contributed by atoms with Crippen molar-refractivity contribution in [1.82, 2.24) is 10.1 Å². The molecule has 0 saturated heterocycles. The van der Waals surface area contributed by atoms with Gasteiger partial charge in [-0.15, -0.1) is 0 Å². The number of hydrogen-bond acceptors (Lipinski definition) is 4. The van der Waals surface area contributed by atoms with Gasteiger partial charge in [0.2, 0.25) is 5.89 Å². The first-order valence-corrected chi connectivity index (χ1v) is 5.34. The van der Waals surface area contributed by atoms with E-state index in [4.69, 9.17) is 10.3 Å². The summed E-state index contributed by atoms with van der Waals surface area (Å²) in [5, 5.41) is 4.01. The van der Waals surface area contributed by atoms with Crippen molar-refractivity contribution in [1.29, 1.82) is 0 Å². The Balaban J connectivity index is 2.01. The van der Waals surface area contributed by atoms with Crippen LogP contribution in [-0.4, -0.2) is 16.2 Å². The summed E-state index contributed by atoms with van der Waals surface area (Å²) in [6.45, 7) is 1.94. The summed E-state index contributed by atoms with van der Waals surface area (Å²) in [6.07, 6.45) is 5.68. The smallest absolute Gasteiger partial charge is 0.228 e. The fourth-order valence-electron chi connectivity index (χ4n) is 1.98. The Labute approximate surface area is 83.9 Å². The van der Waals surface area contributed by atoms with E-state index >= 15 is 0 Å². The fraction of sp³-hybridized carbons (Fsp3) is 0.800. The Morgan fingerprint density at radius 3 is 2.86 bits per heavy atom. The van der Waals surface area contributed by atoms with Gasteiger partial charge in [0.15, 0.2) is 5.82 Å². The molecule has 1 aromatic rings. The van der Waals surface area contributed by atoms with Gasteiger partial charge in [-0.25, -0.2) is 0 Å². The molecule has 14 heavy (non-hydrogen) atoms. The van der Waals surface area contributed by atoms with Crippen molar-refractivity contribution in [3.63, 3.8) is 0 Å². The molecule has 2 rings (SSSR count). The van der Waals surface area contributed by atoms with Crippen molar-refractivity contribution >= 4 is 0 Å². The van der Waals surface area contributed by atoms with E-state index < -0.39 is 0 Å². The van der Waals surface area contributed by atoms with Gasteiger partial charge < -0.3 is 10.3 Å². The molecule has 4 heteroatoms. The van der Waals surface area contributed by atoms with Crippen LogP contribution in [0.1, 0.15) is 50.2 Å². The summed E-state index contributed by atoms with van der Waals surface area (Å²) in [6, 6.07) is 0.0897. The van der Waals surface area contributed by atoms with Gasteiger partial charge in [0.05, 0.1) is 0 Å². The molecular formula is C10H17N3O. The highest BCUT2D eigenvalue weighted by atomic mass is 16.5. The van der Waals surface area contributed by atoms with Gasteiger partial charge in [-0.1, -0.05) is 18.0 Å². The molecule has 0 spiro atoms. The lowest BCUT2D eigenvalue weighted by atomic mass is 10.1. The Morgan fingerprint density at radius 1 is 1.50 bits per heavy atom. The van der Waals surface area contributed by atoms with Crippen molar-refractivity contribution in [2.45, 2.75) is 51.0 Å². The third-order valence-electron chi connectivity index (χ3n) is 2.70. The van der Waals surface area contributed by atoms with Gasteiger partial charge >= 0.3 is 0 Å². The molecule has 0 radical (unpaired) electrons. The molecule has 0 bridgehead atoms. The van der Waals surface area contributed by atoms with Gasteiger partial charge in [0, 0.05) is 18.4 Å². The molecule has 1 unspecified atom stereocenters. The van der Waals surface area contributed by atoms with E-state index in [1.165, 1.54) is 25.7 Å². The zero-order chi connectivity index (χ0) is 9.97. The zero-order valence-corrected chi connectivity index (χ0v) is 8.57. The molecule has 1 aliphatic carbocycles. The lowest BCUT2D eigenvalue weighted by Crippen LogP contribution is -2.17. The number of aromatic nitrogens is 2. The van der Waals surface area contributed by atoms with E-state index in [0.29, 0.717) is 18.2 Å². The van der Waals surface area contributed by atoms with Crippen molar-refractivity contribution in [2.75, 3.05) is 0 Å². The van der Waals surface area contributed by atoms with Crippen LogP contribution in [0.5, 0.6) is 0 Å². The molecule has 1 aliphatic rings. The van der Waals surface area contributed by atoms with Crippen LogP contribution in [0.2, 0.25) is 0 Å². The third-order valence-corrected chi connectivity index (χ3v) is 2.70. The number of rotatable bonds is 3. The van der Waals surface area contributed by atoms with Gasteiger partial charge in [0.1, 0.15) is 0 Å². The predicted octanol–water partition coefficient (Wildman–Crippen LogP) is 1.62. The minimum absolute atomic E-state index is 0.0897. The van der Waals surface area contributed by atoms with Crippen LogP contribution in [-0.2, 0) is 6.42 Å². The van der Waals surface area contributed by atoms with E-state index in [0.717, 1.165) is 5.82 Å². The Kier molecular flexibility index (Phi) is 2.82. The van der Waals surface area contributed by atoms with Crippen LogP contribution < -0.4 is 5.73 Å². The quantitative estimate of drug-likeness (QED) is 0.795. The van der Waals surface area contributed by atoms with E-state index in [1.54, 1.807) is 0 Å². The molecule has 4 nitrogen and oxygen atoms in total. The third kappa shape index (κ3) is 2.12. The Morgan fingerprint density at radius 2 is 2.21 bits per heavy atom. The van der Waals surface area contributed by atoms with E-state index in [1.807, 2.05) is 6.92 Å². The second kappa shape index (κ2) is 4.09. The highest BCUT2D eigenvalue weighted by molar-refractivity contribution is 4.98. The van der Waals surface area contributed by atoms with Gasteiger partial charge in [-0.2, -0.15) is 4.98 Å². The lowest BCUT2D eigenvalue weighted by molar-refractivity contribution is 0.363. The summed E-state index contributed by atoms with van der Waals surface area (Å²) in [7, 11) is 0. The predicted molar refractivity (Wildman–Crippen MR) is 52.9 cm³/mol. The van der Waals surface area contributed by atoms with Crippen LogP contribution in [0.3, 0.4) is 0 Å². The first-order chi connectivity index (χ1) is 6.75. The fourth-order valence-corrected chi connectivity index (χ4v) is 1.98. The van der Waals surface area contributed by atoms with Crippen molar-refractivity contribution in [3.05, 3.63) is 11.7 Å². The van der Waals surface area contributed by atoms with E-state index in [9.17, 15) is 0 Å². The van der Waals surface area contributed by atoms with Crippen molar-refractivity contribution in [2.24, 2.45) is 5.73 Å². The monoisotopic (exact) mass is 195 g/mol. The topological polar surface area (TPSA) is 64.9 Å². The first-order valence-electron chi connectivity index (χ1n) is 5.34. The highest BCUT2D eigenvalue weighted by Gasteiger charge is 2.22. The molecule has 1 aromatic heterocycles. The minimum Gasteiger partial charge on any atom is -0.339 e.